The maximum atomic E-state index is 11.4. The van der Waals surface area contributed by atoms with Crippen LogP contribution < -0.4 is 5.63 Å². The summed E-state index contributed by atoms with van der Waals surface area (Å²) >= 11 is 0. The van der Waals surface area contributed by atoms with Gasteiger partial charge in [-0.05, 0) is 24.5 Å². The van der Waals surface area contributed by atoms with Crippen molar-refractivity contribution in [3.05, 3.63) is 57.1 Å². The Labute approximate surface area is 110 Å². The number of rotatable bonds is 4. The van der Waals surface area contributed by atoms with Gasteiger partial charge in [-0.1, -0.05) is 31.2 Å². The molecule has 1 heterocycles. The van der Waals surface area contributed by atoms with Crippen LogP contribution in [0.1, 0.15) is 34.1 Å². The van der Waals surface area contributed by atoms with E-state index in [2.05, 4.69) is 6.92 Å². The number of aromatic nitrogens is 1. The maximum absolute atomic E-state index is 11.4. The quantitative estimate of drug-likeness (QED) is 0.914. The van der Waals surface area contributed by atoms with Crippen molar-refractivity contribution in [2.45, 2.75) is 26.8 Å². The SMILES string of the molecule is CCc1ccc(Cn2oc(=O)c(C)c2C(=O)O)cc1. The summed E-state index contributed by atoms with van der Waals surface area (Å²) in [5.74, 6) is -1.16. The van der Waals surface area contributed by atoms with Crippen molar-refractivity contribution in [1.82, 2.24) is 4.74 Å². The van der Waals surface area contributed by atoms with Gasteiger partial charge in [-0.25, -0.2) is 9.59 Å². The van der Waals surface area contributed by atoms with Crippen LogP contribution in [0.25, 0.3) is 0 Å². The highest BCUT2D eigenvalue weighted by Crippen LogP contribution is 2.11. The van der Waals surface area contributed by atoms with Crippen molar-refractivity contribution in [2.24, 2.45) is 0 Å². The highest BCUT2D eigenvalue weighted by atomic mass is 16.5. The lowest BCUT2D eigenvalue weighted by Crippen LogP contribution is -2.10. The second kappa shape index (κ2) is 5.14. The Hall–Kier alpha value is -2.30. The lowest BCUT2D eigenvalue weighted by atomic mass is 10.1. The molecule has 0 spiro atoms. The lowest BCUT2D eigenvalue weighted by Gasteiger charge is -2.05. The summed E-state index contributed by atoms with van der Waals surface area (Å²) in [5.41, 5.74) is 1.51. The fourth-order valence-electron chi connectivity index (χ4n) is 1.92. The summed E-state index contributed by atoms with van der Waals surface area (Å²) in [6.45, 7) is 3.74. The molecule has 0 amide bonds. The molecule has 0 aliphatic heterocycles. The van der Waals surface area contributed by atoms with Gasteiger partial charge in [-0.15, -0.1) is 0 Å². The van der Waals surface area contributed by atoms with Crippen LogP contribution in [0.5, 0.6) is 0 Å². The molecule has 2 rings (SSSR count). The van der Waals surface area contributed by atoms with Crippen molar-refractivity contribution in [3.63, 3.8) is 0 Å². The van der Waals surface area contributed by atoms with E-state index in [1.54, 1.807) is 0 Å². The number of aryl methyl sites for hydroxylation is 1. The maximum Gasteiger partial charge on any atom is 0.361 e. The van der Waals surface area contributed by atoms with Crippen molar-refractivity contribution < 1.29 is 14.4 Å². The third-order valence-electron chi connectivity index (χ3n) is 3.06. The molecular formula is C14H15NO4. The highest BCUT2D eigenvalue weighted by molar-refractivity contribution is 5.87. The molecule has 0 aliphatic carbocycles. The zero-order chi connectivity index (χ0) is 14.0. The normalized spacial score (nSPS) is 10.6. The second-order valence-electron chi connectivity index (χ2n) is 4.36. The van der Waals surface area contributed by atoms with E-state index in [0.29, 0.717) is 0 Å². The minimum Gasteiger partial charge on any atom is -0.476 e. The fraction of sp³-hybridized carbons (Fsp3) is 0.286. The van der Waals surface area contributed by atoms with Crippen LogP contribution in [0.3, 0.4) is 0 Å². The summed E-state index contributed by atoms with van der Waals surface area (Å²) in [6, 6.07) is 7.76. The molecule has 0 aliphatic rings. The van der Waals surface area contributed by atoms with Crippen LogP contribution in [0.2, 0.25) is 0 Å². The number of benzene rings is 1. The Morgan fingerprint density at radius 2 is 1.84 bits per heavy atom. The van der Waals surface area contributed by atoms with Crippen LogP contribution in [0.4, 0.5) is 0 Å². The summed E-state index contributed by atoms with van der Waals surface area (Å²) in [5, 5.41) is 9.10. The minimum absolute atomic E-state index is 0.0930. The van der Waals surface area contributed by atoms with Crippen LogP contribution in [0.15, 0.2) is 33.6 Å². The Kier molecular flexibility index (Phi) is 3.55. The van der Waals surface area contributed by atoms with Gasteiger partial charge in [-0.3, -0.25) is 0 Å². The first-order valence-electron chi connectivity index (χ1n) is 6.04. The molecule has 2 aromatic rings. The molecule has 0 radical (unpaired) electrons. The first kappa shape index (κ1) is 13.1. The Morgan fingerprint density at radius 3 is 2.37 bits per heavy atom. The molecule has 1 N–H and O–H groups in total. The number of carbonyl (C=O) groups is 1. The Bertz CT molecular complexity index is 649. The third kappa shape index (κ3) is 2.59. The smallest absolute Gasteiger partial charge is 0.361 e. The molecule has 0 unspecified atom stereocenters. The molecule has 0 saturated carbocycles. The van der Waals surface area contributed by atoms with Gasteiger partial charge in [-0.2, -0.15) is 4.74 Å². The van der Waals surface area contributed by atoms with E-state index in [-0.39, 0.29) is 17.8 Å². The van der Waals surface area contributed by atoms with Crippen molar-refractivity contribution in [3.8, 4) is 0 Å². The predicted molar refractivity (Wildman–Crippen MR) is 69.6 cm³/mol. The summed E-state index contributed by atoms with van der Waals surface area (Å²) < 4.78 is 6.07. The number of aromatic carboxylic acids is 1. The van der Waals surface area contributed by atoms with E-state index in [4.69, 9.17) is 9.63 Å². The van der Waals surface area contributed by atoms with Gasteiger partial charge in [0.05, 0.1) is 12.1 Å². The van der Waals surface area contributed by atoms with Crippen LogP contribution in [-0.2, 0) is 13.0 Å². The first-order chi connectivity index (χ1) is 9.02. The second-order valence-corrected chi connectivity index (χ2v) is 4.36. The molecule has 0 atom stereocenters. The average Bonchev–Trinajstić information content (AvgIpc) is 2.65. The molecular weight excluding hydrogens is 246 g/mol. The Balaban J connectivity index is 2.35. The standard InChI is InChI=1S/C14H15NO4/c1-3-10-4-6-11(7-5-10)8-15-12(13(16)17)9(2)14(18)19-15/h4-7H,3,8H2,1-2H3,(H,16,17). The molecule has 0 fully saturated rings. The van der Waals surface area contributed by atoms with E-state index < -0.39 is 11.6 Å². The van der Waals surface area contributed by atoms with Gasteiger partial charge in [0.15, 0.2) is 5.69 Å². The lowest BCUT2D eigenvalue weighted by molar-refractivity contribution is 0.0669. The van der Waals surface area contributed by atoms with Crippen LogP contribution in [-0.4, -0.2) is 15.8 Å². The van der Waals surface area contributed by atoms with Crippen molar-refractivity contribution in [1.29, 1.82) is 0 Å². The molecule has 1 aromatic heterocycles. The average molecular weight is 261 g/mol. The molecule has 5 heteroatoms. The Morgan fingerprint density at radius 1 is 1.26 bits per heavy atom. The summed E-state index contributed by atoms with van der Waals surface area (Å²) in [6.07, 6.45) is 0.943. The molecule has 0 bridgehead atoms. The summed E-state index contributed by atoms with van der Waals surface area (Å²) in [4.78, 5) is 22.5. The van der Waals surface area contributed by atoms with E-state index in [1.807, 2.05) is 24.3 Å². The largest absolute Gasteiger partial charge is 0.476 e. The molecule has 5 nitrogen and oxygen atoms in total. The minimum atomic E-state index is -1.16. The number of nitrogens with zero attached hydrogens (tertiary/aromatic N) is 1. The topological polar surface area (TPSA) is 72.4 Å². The molecule has 100 valence electrons. The molecule has 1 aromatic carbocycles. The van der Waals surface area contributed by atoms with Crippen LogP contribution in [0, 0.1) is 6.92 Å². The zero-order valence-corrected chi connectivity index (χ0v) is 10.8. The number of carboxylic acids is 1. The number of carboxylic acid groups (broad SMARTS) is 1. The van der Waals surface area contributed by atoms with Crippen LogP contribution >= 0.6 is 0 Å². The van der Waals surface area contributed by atoms with Crippen molar-refractivity contribution >= 4 is 5.97 Å². The summed E-state index contributed by atoms with van der Waals surface area (Å²) in [7, 11) is 0. The monoisotopic (exact) mass is 261 g/mol. The van der Waals surface area contributed by atoms with E-state index in [9.17, 15) is 9.59 Å². The van der Waals surface area contributed by atoms with Gasteiger partial charge < -0.3 is 9.63 Å². The zero-order valence-electron chi connectivity index (χ0n) is 10.8. The van der Waals surface area contributed by atoms with Gasteiger partial charge >= 0.3 is 11.6 Å². The molecule has 0 saturated heterocycles. The fourth-order valence-corrected chi connectivity index (χ4v) is 1.92. The third-order valence-corrected chi connectivity index (χ3v) is 3.06. The van der Waals surface area contributed by atoms with Crippen molar-refractivity contribution in [2.75, 3.05) is 0 Å². The van der Waals surface area contributed by atoms with E-state index in [1.165, 1.54) is 12.5 Å². The van der Waals surface area contributed by atoms with Gasteiger partial charge in [0.1, 0.15) is 0 Å². The highest BCUT2D eigenvalue weighted by Gasteiger charge is 2.19. The number of hydrogen-bond donors (Lipinski definition) is 1. The molecule has 19 heavy (non-hydrogen) atoms. The first-order valence-corrected chi connectivity index (χ1v) is 6.04. The predicted octanol–water partition coefficient (Wildman–Crippen LogP) is 2.06. The van der Waals surface area contributed by atoms with E-state index >= 15 is 0 Å². The van der Waals surface area contributed by atoms with Gasteiger partial charge in [0.25, 0.3) is 0 Å². The van der Waals surface area contributed by atoms with Gasteiger partial charge in [0.2, 0.25) is 0 Å². The van der Waals surface area contributed by atoms with Gasteiger partial charge in [0, 0.05) is 0 Å². The number of hydrogen-bond acceptors (Lipinski definition) is 3. The van der Waals surface area contributed by atoms with E-state index in [0.717, 1.165) is 16.7 Å².